The summed E-state index contributed by atoms with van der Waals surface area (Å²) in [7, 11) is 0. The van der Waals surface area contributed by atoms with Crippen LogP contribution in [-0.4, -0.2) is 41.1 Å². The van der Waals surface area contributed by atoms with Crippen molar-refractivity contribution in [3.8, 4) is 0 Å². The van der Waals surface area contributed by atoms with E-state index in [1.165, 1.54) is 4.88 Å². The van der Waals surface area contributed by atoms with Gasteiger partial charge >= 0.3 is 0 Å². The molecule has 4 heterocycles. The van der Waals surface area contributed by atoms with Crippen molar-refractivity contribution in [2.45, 2.75) is 31.6 Å². The van der Waals surface area contributed by atoms with Crippen LogP contribution in [0.15, 0.2) is 42.0 Å². The van der Waals surface area contributed by atoms with E-state index in [1.807, 2.05) is 12.1 Å². The molecule has 2 aliphatic rings. The summed E-state index contributed by atoms with van der Waals surface area (Å²) in [6, 6.07) is 7.93. The standard InChI is InChI=1S/C18H21N3O2S/c22-18(20-14-3-1-6-19-10-14)16-9-13-5-7-21(12-17(13)23-16)11-15-4-2-8-24-15/h1-4,6,8,10,13,16-17H,5,7,9,11-12H2,(H,20,22)/t13-,16-,17-/m0/s1. The van der Waals surface area contributed by atoms with Gasteiger partial charge in [0.2, 0.25) is 0 Å². The van der Waals surface area contributed by atoms with Gasteiger partial charge in [0.1, 0.15) is 6.10 Å². The van der Waals surface area contributed by atoms with E-state index >= 15 is 0 Å². The quantitative estimate of drug-likeness (QED) is 0.927. The number of nitrogens with one attached hydrogen (secondary N) is 1. The molecule has 2 saturated heterocycles. The van der Waals surface area contributed by atoms with Gasteiger partial charge in [-0.3, -0.25) is 14.7 Å². The highest BCUT2D eigenvalue weighted by Gasteiger charge is 2.41. The van der Waals surface area contributed by atoms with E-state index in [0.29, 0.717) is 5.92 Å². The minimum absolute atomic E-state index is 0.0535. The zero-order valence-electron chi connectivity index (χ0n) is 13.4. The Labute approximate surface area is 145 Å². The van der Waals surface area contributed by atoms with Crippen LogP contribution < -0.4 is 5.32 Å². The first kappa shape index (κ1) is 15.7. The minimum atomic E-state index is -0.345. The monoisotopic (exact) mass is 343 g/mol. The Morgan fingerprint density at radius 2 is 2.38 bits per heavy atom. The van der Waals surface area contributed by atoms with Crippen LogP contribution in [0.3, 0.4) is 0 Å². The summed E-state index contributed by atoms with van der Waals surface area (Å²) < 4.78 is 6.08. The van der Waals surface area contributed by atoms with Gasteiger partial charge in [-0.1, -0.05) is 6.07 Å². The van der Waals surface area contributed by atoms with Gasteiger partial charge in [0.05, 0.1) is 18.0 Å². The molecule has 1 N–H and O–H groups in total. The molecule has 0 spiro atoms. The lowest BCUT2D eigenvalue weighted by atomic mass is 9.91. The molecule has 0 aromatic carbocycles. The van der Waals surface area contributed by atoms with Crippen molar-refractivity contribution in [3.05, 3.63) is 46.9 Å². The number of rotatable bonds is 4. The SMILES string of the molecule is O=C(Nc1cccnc1)[C@@H]1C[C@@H]2CCN(Cc3cccs3)C[C@@H]2O1. The van der Waals surface area contributed by atoms with E-state index in [2.05, 4.69) is 32.7 Å². The second-order valence-electron chi connectivity index (χ2n) is 6.49. The fourth-order valence-corrected chi connectivity index (χ4v) is 4.34. The number of hydrogen-bond acceptors (Lipinski definition) is 5. The van der Waals surface area contributed by atoms with E-state index in [0.717, 1.165) is 38.2 Å². The molecule has 5 nitrogen and oxygen atoms in total. The van der Waals surface area contributed by atoms with Crippen LogP contribution in [0.5, 0.6) is 0 Å². The van der Waals surface area contributed by atoms with Crippen molar-refractivity contribution in [2.75, 3.05) is 18.4 Å². The largest absolute Gasteiger partial charge is 0.364 e. The molecule has 0 aliphatic carbocycles. The van der Waals surface area contributed by atoms with Gasteiger partial charge in [0, 0.05) is 24.2 Å². The maximum absolute atomic E-state index is 12.4. The molecule has 0 bridgehead atoms. The number of ether oxygens (including phenoxy) is 1. The Morgan fingerprint density at radius 1 is 1.42 bits per heavy atom. The summed E-state index contributed by atoms with van der Waals surface area (Å²) in [5, 5.41) is 5.02. The average Bonchev–Trinajstić information content (AvgIpc) is 3.25. The summed E-state index contributed by atoms with van der Waals surface area (Å²) in [6.45, 7) is 2.98. The van der Waals surface area contributed by atoms with Gasteiger partial charge in [0.25, 0.3) is 5.91 Å². The van der Waals surface area contributed by atoms with Crippen molar-refractivity contribution in [2.24, 2.45) is 5.92 Å². The summed E-state index contributed by atoms with van der Waals surface area (Å²) in [6.07, 6.45) is 5.10. The molecule has 0 radical (unpaired) electrons. The van der Waals surface area contributed by atoms with Crippen molar-refractivity contribution in [1.29, 1.82) is 0 Å². The third kappa shape index (κ3) is 3.50. The number of pyridine rings is 1. The van der Waals surface area contributed by atoms with Crippen LogP contribution in [0.25, 0.3) is 0 Å². The van der Waals surface area contributed by atoms with Crippen molar-refractivity contribution < 1.29 is 9.53 Å². The molecule has 0 unspecified atom stereocenters. The molecule has 0 saturated carbocycles. The molecule has 2 aliphatic heterocycles. The van der Waals surface area contributed by atoms with Gasteiger partial charge in [0.15, 0.2) is 0 Å². The molecule has 6 heteroatoms. The van der Waals surface area contributed by atoms with Crippen LogP contribution >= 0.6 is 11.3 Å². The highest BCUT2D eigenvalue weighted by Crippen LogP contribution is 2.34. The second-order valence-corrected chi connectivity index (χ2v) is 7.53. The third-order valence-electron chi connectivity index (χ3n) is 4.82. The maximum atomic E-state index is 12.4. The van der Waals surface area contributed by atoms with Crippen LogP contribution in [0.4, 0.5) is 5.69 Å². The smallest absolute Gasteiger partial charge is 0.253 e. The lowest BCUT2D eigenvalue weighted by Gasteiger charge is -2.33. The van der Waals surface area contributed by atoms with Gasteiger partial charge in [-0.2, -0.15) is 0 Å². The minimum Gasteiger partial charge on any atom is -0.364 e. The van der Waals surface area contributed by atoms with Crippen molar-refractivity contribution >= 4 is 22.9 Å². The van der Waals surface area contributed by atoms with Crippen LogP contribution in [0.2, 0.25) is 0 Å². The van der Waals surface area contributed by atoms with E-state index in [1.54, 1.807) is 23.7 Å². The summed E-state index contributed by atoms with van der Waals surface area (Å²) in [5.74, 6) is 0.441. The Bertz CT molecular complexity index is 677. The van der Waals surface area contributed by atoms with Gasteiger partial charge < -0.3 is 10.1 Å². The first-order valence-electron chi connectivity index (χ1n) is 8.39. The Balaban J connectivity index is 1.33. The lowest BCUT2D eigenvalue weighted by molar-refractivity contribution is -0.127. The lowest BCUT2D eigenvalue weighted by Crippen LogP contribution is -2.41. The number of hydrogen-bond donors (Lipinski definition) is 1. The van der Waals surface area contributed by atoms with Gasteiger partial charge in [-0.25, -0.2) is 0 Å². The van der Waals surface area contributed by atoms with Crippen LogP contribution in [-0.2, 0) is 16.1 Å². The highest BCUT2D eigenvalue weighted by molar-refractivity contribution is 7.09. The topological polar surface area (TPSA) is 54.5 Å². The zero-order chi connectivity index (χ0) is 16.4. The predicted octanol–water partition coefficient (Wildman–Crippen LogP) is 2.76. The van der Waals surface area contributed by atoms with Crippen LogP contribution in [0.1, 0.15) is 17.7 Å². The fourth-order valence-electron chi connectivity index (χ4n) is 3.59. The number of anilines is 1. The Kier molecular flexibility index (Phi) is 4.60. The Hall–Kier alpha value is -1.76. The van der Waals surface area contributed by atoms with E-state index < -0.39 is 0 Å². The molecule has 2 aromatic heterocycles. The van der Waals surface area contributed by atoms with Crippen molar-refractivity contribution in [1.82, 2.24) is 9.88 Å². The van der Waals surface area contributed by atoms with E-state index in [4.69, 9.17) is 4.74 Å². The summed E-state index contributed by atoms with van der Waals surface area (Å²) in [5.41, 5.74) is 0.722. The first-order valence-corrected chi connectivity index (χ1v) is 9.27. The normalized spacial score (nSPS) is 26.9. The fraction of sp³-hybridized carbons (Fsp3) is 0.444. The molecule has 1 amide bonds. The number of carbonyl (C=O) groups is 1. The molecular formula is C18H21N3O2S. The maximum Gasteiger partial charge on any atom is 0.253 e. The van der Waals surface area contributed by atoms with Crippen LogP contribution in [0, 0.1) is 5.92 Å². The molecule has 24 heavy (non-hydrogen) atoms. The number of thiophene rings is 1. The number of nitrogens with zero attached hydrogens (tertiary/aromatic N) is 2. The number of aromatic nitrogens is 1. The van der Waals surface area contributed by atoms with E-state index in [9.17, 15) is 4.79 Å². The zero-order valence-corrected chi connectivity index (χ0v) is 14.2. The summed E-state index contributed by atoms with van der Waals surface area (Å²) in [4.78, 5) is 20.3. The molecule has 2 fully saturated rings. The van der Waals surface area contributed by atoms with Gasteiger partial charge in [-0.15, -0.1) is 11.3 Å². The third-order valence-corrected chi connectivity index (χ3v) is 5.68. The number of carbonyl (C=O) groups excluding carboxylic acids is 1. The first-order chi connectivity index (χ1) is 11.8. The predicted molar refractivity (Wildman–Crippen MR) is 93.8 cm³/mol. The summed E-state index contributed by atoms with van der Waals surface area (Å²) >= 11 is 1.80. The van der Waals surface area contributed by atoms with Crippen molar-refractivity contribution in [3.63, 3.8) is 0 Å². The number of likely N-dealkylation sites (tertiary alicyclic amines) is 1. The molecule has 2 aromatic rings. The Morgan fingerprint density at radius 3 is 3.17 bits per heavy atom. The average molecular weight is 343 g/mol. The molecule has 3 atom stereocenters. The number of piperidine rings is 1. The molecule has 126 valence electrons. The molecule has 4 rings (SSSR count). The van der Waals surface area contributed by atoms with E-state index in [-0.39, 0.29) is 18.1 Å². The highest BCUT2D eigenvalue weighted by atomic mass is 32.1. The second kappa shape index (κ2) is 7.01. The number of amides is 1. The molecular weight excluding hydrogens is 322 g/mol. The number of fused-ring (bicyclic) bond motifs is 1. The van der Waals surface area contributed by atoms with Gasteiger partial charge in [-0.05, 0) is 48.9 Å².